The number of aromatic nitrogens is 2. The standard InChI is InChI=1S/C15H18N4O/c1-9-3-6-12(10(2)7-9)20-14-8-13(19-16)17-15(18-14)11-4-5-11/h3,6-8,11H,4-5,16H2,1-2H3,(H,17,18,19). The molecule has 0 atom stereocenters. The van der Waals surface area contributed by atoms with Crippen molar-refractivity contribution in [3.63, 3.8) is 0 Å². The molecule has 1 heterocycles. The first-order valence-electron chi connectivity index (χ1n) is 6.76. The molecule has 2 aromatic rings. The third-order valence-electron chi connectivity index (χ3n) is 3.36. The molecule has 0 unspecified atom stereocenters. The van der Waals surface area contributed by atoms with E-state index < -0.39 is 0 Å². The summed E-state index contributed by atoms with van der Waals surface area (Å²) in [6.45, 7) is 4.08. The molecule has 5 heteroatoms. The highest BCUT2D eigenvalue weighted by Crippen LogP contribution is 2.39. The van der Waals surface area contributed by atoms with Gasteiger partial charge in [0.05, 0.1) is 0 Å². The Morgan fingerprint density at radius 3 is 2.65 bits per heavy atom. The van der Waals surface area contributed by atoms with Gasteiger partial charge in [0.2, 0.25) is 5.88 Å². The van der Waals surface area contributed by atoms with Gasteiger partial charge in [0.25, 0.3) is 0 Å². The molecule has 1 saturated carbocycles. The molecule has 1 aliphatic carbocycles. The number of hydrazine groups is 1. The van der Waals surface area contributed by atoms with Crippen molar-refractivity contribution in [2.24, 2.45) is 5.84 Å². The number of nitrogens with one attached hydrogen (secondary N) is 1. The number of nitrogen functional groups attached to an aromatic ring is 1. The lowest BCUT2D eigenvalue weighted by atomic mass is 10.1. The Labute approximate surface area is 118 Å². The first kappa shape index (κ1) is 12.9. The summed E-state index contributed by atoms with van der Waals surface area (Å²) in [6.07, 6.45) is 2.27. The summed E-state index contributed by atoms with van der Waals surface area (Å²) in [6, 6.07) is 7.78. The zero-order chi connectivity index (χ0) is 14.1. The van der Waals surface area contributed by atoms with Crippen LogP contribution in [0.2, 0.25) is 0 Å². The van der Waals surface area contributed by atoms with Crippen LogP contribution in [-0.4, -0.2) is 9.97 Å². The van der Waals surface area contributed by atoms with E-state index in [-0.39, 0.29) is 0 Å². The zero-order valence-electron chi connectivity index (χ0n) is 11.7. The Morgan fingerprint density at radius 1 is 1.20 bits per heavy atom. The zero-order valence-corrected chi connectivity index (χ0v) is 11.7. The lowest BCUT2D eigenvalue weighted by Gasteiger charge is -2.11. The van der Waals surface area contributed by atoms with E-state index in [1.165, 1.54) is 5.56 Å². The molecule has 0 saturated heterocycles. The summed E-state index contributed by atoms with van der Waals surface area (Å²) < 4.78 is 5.88. The van der Waals surface area contributed by atoms with Crippen LogP contribution in [0.1, 0.15) is 35.7 Å². The molecule has 1 aromatic carbocycles. The van der Waals surface area contributed by atoms with Crippen molar-refractivity contribution < 1.29 is 4.74 Å². The van der Waals surface area contributed by atoms with Gasteiger partial charge in [-0.15, -0.1) is 0 Å². The van der Waals surface area contributed by atoms with E-state index in [1.54, 1.807) is 6.07 Å². The van der Waals surface area contributed by atoms with E-state index in [9.17, 15) is 0 Å². The number of benzene rings is 1. The number of nitrogens with zero attached hydrogens (tertiary/aromatic N) is 2. The van der Waals surface area contributed by atoms with Gasteiger partial charge < -0.3 is 10.2 Å². The van der Waals surface area contributed by atoms with Gasteiger partial charge in [-0.3, -0.25) is 0 Å². The first-order chi connectivity index (χ1) is 9.65. The Morgan fingerprint density at radius 2 is 2.00 bits per heavy atom. The third kappa shape index (κ3) is 2.72. The molecule has 0 amide bonds. The van der Waals surface area contributed by atoms with E-state index in [1.807, 2.05) is 19.1 Å². The molecule has 1 fully saturated rings. The van der Waals surface area contributed by atoms with Crippen molar-refractivity contribution in [3.8, 4) is 11.6 Å². The van der Waals surface area contributed by atoms with Gasteiger partial charge in [0.15, 0.2) is 0 Å². The minimum absolute atomic E-state index is 0.449. The van der Waals surface area contributed by atoms with Crippen LogP contribution in [0, 0.1) is 13.8 Å². The number of hydrogen-bond acceptors (Lipinski definition) is 5. The highest BCUT2D eigenvalue weighted by Gasteiger charge is 2.27. The van der Waals surface area contributed by atoms with Crippen LogP contribution in [0.15, 0.2) is 24.3 Å². The number of aryl methyl sites for hydroxylation is 2. The molecule has 5 nitrogen and oxygen atoms in total. The maximum atomic E-state index is 5.88. The van der Waals surface area contributed by atoms with Crippen LogP contribution in [-0.2, 0) is 0 Å². The number of rotatable bonds is 4. The predicted octanol–water partition coefficient (Wildman–Crippen LogP) is 3.05. The quantitative estimate of drug-likeness (QED) is 0.660. The van der Waals surface area contributed by atoms with Crippen molar-refractivity contribution in [2.75, 3.05) is 5.43 Å². The van der Waals surface area contributed by atoms with Crippen LogP contribution in [0.4, 0.5) is 5.82 Å². The topological polar surface area (TPSA) is 73.1 Å². The lowest BCUT2D eigenvalue weighted by molar-refractivity contribution is 0.455. The average molecular weight is 270 g/mol. The molecule has 3 rings (SSSR count). The SMILES string of the molecule is Cc1ccc(Oc2cc(NN)nc(C3CC3)n2)c(C)c1. The highest BCUT2D eigenvalue weighted by atomic mass is 16.5. The molecule has 0 aliphatic heterocycles. The van der Waals surface area contributed by atoms with Gasteiger partial charge in [0, 0.05) is 12.0 Å². The third-order valence-corrected chi connectivity index (χ3v) is 3.36. The second-order valence-corrected chi connectivity index (χ2v) is 5.24. The summed E-state index contributed by atoms with van der Waals surface area (Å²) in [5, 5.41) is 0. The van der Waals surface area contributed by atoms with Gasteiger partial charge in [-0.25, -0.2) is 10.8 Å². The van der Waals surface area contributed by atoms with Gasteiger partial charge in [0.1, 0.15) is 17.4 Å². The van der Waals surface area contributed by atoms with E-state index in [0.29, 0.717) is 17.6 Å². The van der Waals surface area contributed by atoms with Gasteiger partial charge in [-0.2, -0.15) is 4.98 Å². The Hall–Kier alpha value is -2.14. The molecule has 0 radical (unpaired) electrons. The predicted molar refractivity (Wildman–Crippen MR) is 77.8 cm³/mol. The number of ether oxygens (including phenoxy) is 1. The summed E-state index contributed by atoms with van der Waals surface area (Å²) in [5.74, 6) is 8.63. The molecule has 0 spiro atoms. The first-order valence-corrected chi connectivity index (χ1v) is 6.76. The molecule has 20 heavy (non-hydrogen) atoms. The van der Waals surface area contributed by atoms with Crippen molar-refractivity contribution >= 4 is 5.82 Å². The smallest absolute Gasteiger partial charge is 0.224 e. The molecule has 104 valence electrons. The van der Waals surface area contributed by atoms with Crippen LogP contribution in [0.5, 0.6) is 11.6 Å². The fourth-order valence-corrected chi connectivity index (χ4v) is 2.12. The second-order valence-electron chi connectivity index (χ2n) is 5.24. The van der Waals surface area contributed by atoms with Gasteiger partial charge in [-0.05, 0) is 38.3 Å². The molecular weight excluding hydrogens is 252 g/mol. The fraction of sp³-hybridized carbons (Fsp3) is 0.333. The van der Waals surface area contributed by atoms with Crippen molar-refractivity contribution in [1.82, 2.24) is 9.97 Å². The van der Waals surface area contributed by atoms with E-state index in [0.717, 1.165) is 30.0 Å². The molecular formula is C15H18N4O. The van der Waals surface area contributed by atoms with Crippen molar-refractivity contribution in [1.29, 1.82) is 0 Å². The summed E-state index contributed by atoms with van der Waals surface area (Å²) in [7, 11) is 0. The van der Waals surface area contributed by atoms with Crippen LogP contribution < -0.4 is 16.0 Å². The summed E-state index contributed by atoms with van der Waals surface area (Å²) >= 11 is 0. The van der Waals surface area contributed by atoms with E-state index in [2.05, 4.69) is 28.4 Å². The van der Waals surface area contributed by atoms with Gasteiger partial charge in [-0.1, -0.05) is 17.7 Å². The highest BCUT2D eigenvalue weighted by molar-refractivity contribution is 5.42. The largest absolute Gasteiger partial charge is 0.439 e. The Balaban J connectivity index is 1.91. The number of nitrogens with two attached hydrogens (primary N) is 1. The molecule has 1 aliphatic rings. The van der Waals surface area contributed by atoms with Crippen molar-refractivity contribution in [2.45, 2.75) is 32.6 Å². The Bertz CT molecular complexity index is 638. The van der Waals surface area contributed by atoms with Crippen LogP contribution in [0.3, 0.4) is 0 Å². The maximum Gasteiger partial charge on any atom is 0.224 e. The molecule has 0 bridgehead atoms. The average Bonchev–Trinajstić information content (AvgIpc) is 3.26. The van der Waals surface area contributed by atoms with Crippen LogP contribution >= 0.6 is 0 Å². The monoisotopic (exact) mass is 270 g/mol. The minimum atomic E-state index is 0.449. The van der Waals surface area contributed by atoms with Crippen LogP contribution in [0.25, 0.3) is 0 Å². The summed E-state index contributed by atoms with van der Waals surface area (Å²) in [4.78, 5) is 8.84. The lowest BCUT2D eigenvalue weighted by Crippen LogP contribution is -2.10. The Kier molecular flexibility index (Phi) is 3.28. The van der Waals surface area contributed by atoms with Crippen molar-refractivity contribution in [3.05, 3.63) is 41.2 Å². The maximum absolute atomic E-state index is 5.88. The molecule has 1 aromatic heterocycles. The number of anilines is 1. The normalized spacial score (nSPS) is 14.2. The fourth-order valence-electron chi connectivity index (χ4n) is 2.12. The van der Waals surface area contributed by atoms with E-state index >= 15 is 0 Å². The van der Waals surface area contributed by atoms with E-state index in [4.69, 9.17) is 10.6 Å². The summed E-state index contributed by atoms with van der Waals surface area (Å²) in [5.41, 5.74) is 4.86. The van der Waals surface area contributed by atoms with Gasteiger partial charge >= 0.3 is 0 Å². The second kappa shape index (κ2) is 5.09. The molecule has 3 N–H and O–H groups in total. The minimum Gasteiger partial charge on any atom is -0.439 e. The number of hydrogen-bond donors (Lipinski definition) is 2.